The lowest BCUT2D eigenvalue weighted by Crippen LogP contribution is -2.04. The first kappa shape index (κ1) is 11.1. The van der Waals surface area contributed by atoms with E-state index in [0.717, 1.165) is 17.5 Å². The summed E-state index contributed by atoms with van der Waals surface area (Å²) in [4.78, 5) is 0. The first-order valence-corrected chi connectivity index (χ1v) is 4.83. The Morgan fingerprint density at radius 1 is 1.36 bits per heavy atom. The van der Waals surface area contributed by atoms with Crippen molar-refractivity contribution >= 4 is 0 Å². The van der Waals surface area contributed by atoms with Crippen LogP contribution < -0.4 is 5.73 Å². The van der Waals surface area contributed by atoms with Gasteiger partial charge in [-0.1, -0.05) is 13.0 Å². The maximum absolute atomic E-state index is 12.9. The second-order valence-corrected chi connectivity index (χ2v) is 3.17. The predicted molar refractivity (Wildman–Crippen MR) is 54.2 cm³/mol. The first-order valence-electron chi connectivity index (χ1n) is 4.83. The predicted octanol–water partition coefficient (Wildman–Crippen LogP) is 2.21. The van der Waals surface area contributed by atoms with Crippen molar-refractivity contribution in [2.24, 2.45) is 5.73 Å². The van der Waals surface area contributed by atoms with Crippen molar-refractivity contribution < 1.29 is 9.13 Å². The molecule has 2 N–H and O–H groups in total. The van der Waals surface area contributed by atoms with Gasteiger partial charge < -0.3 is 10.5 Å². The molecule has 0 amide bonds. The second kappa shape index (κ2) is 5.73. The highest BCUT2D eigenvalue weighted by Crippen LogP contribution is 2.12. The molecule has 0 atom stereocenters. The van der Waals surface area contributed by atoms with Gasteiger partial charge >= 0.3 is 0 Å². The lowest BCUT2D eigenvalue weighted by atomic mass is 10.1. The molecule has 0 saturated heterocycles. The van der Waals surface area contributed by atoms with E-state index in [4.69, 9.17) is 10.5 Å². The van der Waals surface area contributed by atoms with Crippen molar-refractivity contribution in [2.75, 3.05) is 6.61 Å². The normalized spacial score (nSPS) is 10.5. The van der Waals surface area contributed by atoms with Crippen molar-refractivity contribution in [1.29, 1.82) is 0 Å². The minimum atomic E-state index is -0.239. The molecule has 2 nitrogen and oxygen atoms in total. The smallest absolute Gasteiger partial charge is 0.123 e. The van der Waals surface area contributed by atoms with E-state index in [2.05, 4.69) is 0 Å². The van der Waals surface area contributed by atoms with Crippen LogP contribution in [0.15, 0.2) is 18.2 Å². The minimum Gasteiger partial charge on any atom is -0.377 e. The summed E-state index contributed by atoms with van der Waals surface area (Å²) in [5, 5.41) is 0. The van der Waals surface area contributed by atoms with Gasteiger partial charge in [0.1, 0.15) is 5.82 Å². The fraction of sp³-hybridized carbons (Fsp3) is 0.455. The van der Waals surface area contributed by atoms with Gasteiger partial charge in [0, 0.05) is 13.2 Å². The zero-order chi connectivity index (χ0) is 10.4. The molecule has 0 aliphatic rings. The Labute approximate surface area is 83.9 Å². The molecule has 1 aromatic rings. The molecule has 3 heteroatoms. The van der Waals surface area contributed by atoms with E-state index in [0.29, 0.717) is 19.8 Å². The van der Waals surface area contributed by atoms with Crippen LogP contribution >= 0.6 is 0 Å². The van der Waals surface area contributed by atoms with Crippen LogP contribution in [-0.4, -0.2) is 6.61 Å². The van der Waals surface area contributed by atoms with Crippen LogP contribution in [0.4, 0.5) is 4.39 Å². The molecule has 0 fully saturated rings. The van der Waals surface area contributed by atoms with Gasteiger partial charge in [-0.3, -0.25) is 0 Å². The highest BCUT2D eigenvalue weighted by Gasteiger charge is 2.02. The molecule has 1 aromatic carbocycles. The molecule has 0 saturated carbocycles. The molecule has 0 spiro atoms. The van der Waals surface area contributed by atoms with E-state index in [1.165, 1.54) is 12.1 Å². The van der Waals surface area contributed by atoms with Crippen molar-refractivity contribution in [3.63, 3.8) is 0 Å². The Morgan fingerprint density at radius 2 is 2.14 bits per heavy atom. The maximum Gasteiger partial charge on any atom is 0.123 e. The summed E-state index contributed by atoms with van der Waals surface area (Å²) >= 11 is 0. The van der Waals surface area contributed by atoms with Gasteiger partial charge in [0.05, 0.1) is 6.61 Å². The quantitative estimate of drug-likeness (QED) is 0.734. The van der Waals surface area contributed by atoms with Crippen LogP contribution in [0.1, 0.15) is 24.5 Å². The van der Waals surface area contributed by atoms with E-state index >= 15 is 0 Å². The molecule has 0 radical (unpaired) electrons. The zero-order valence-electron chi connectivity index (χ0n) is 8.42. The second-order valence-electron chi connectivity index (χ2n) is 3.17. The van der Waals surface area contributed by atoms with Gasteiger partial charge in [-0.25, -0.2) is 4.39 Å². The molecule has 0 aliphatic heterocycles. The van der Waals surface area contributed by atoms with Crippen LogP contribution in [0.3, 0.4) is 0 Å². The monoisotopic (exact) mass is 197 g/mol. The van der Waals surface area contributed by atoms with Crippen molar-refractivity contribution in [2.45, 2.75) is 26.5 Å². The van der Waals surface area contributed by atoms with Crippen molar-refractivity contribution in [3.8, 4) is 0 Å². The van der Waals surface area contributed by atoms with Gasteiger partial charge in [-0.15, -0.1) is 0 Å². The molecule has 78 valence electrons. The summed E-state index contributed by atoms with van der Waals surface area (Å²) in [6, 6.07) is 4.61. The number of benzene rings is 1. The molecule has 1 rings (SSSR count). The number of ether oxygens (including phenoxy) is 1. The lowest BCUT2D eigenvalue weighted by molar-refractivity contribution is 0.120. The average Bonchev–Trinajstić information content (AvgIpc) is 2.19. The topological polar surface area (TPSA) is 35.2 Å². The highest BCUT2D eigenvalue weighted by atomic mass is 19.1. The Kier molecular flexibility index (Phi) is 4.56. The fourth-order valence-electron chi connectivity index (χ4n) is 1.25. The third kappa shape index (κ3) is 3.09. The molecular weight excluding hydrogens is 181 g/mol. The van der Waals surface area contributed by atoms with E-state index in [1.807, 2.05) is 6.92 Å². The molecular formula is C11H16FNO. The van der Waals surface area contributed by atoms with Crippen LogP contribution in [0, 0.1) is 5.82 Å². The van der Waals surface area contributed by atoms with E-state index in [9.17, 15) is 4.39 Å². The Balaban J connectivity index is 2.67. The number of rotatable bonds is 5. The number of nitrogens with two attached hydrogens (primary N) is 1. The van der Waals surface area contributed by atoms with Crippen LogP contribution in [0.5, 0.6) is 0 Å². The Morgan fingerprint density at radius 3 is 2.79 bits per heavy atom. The number of halogens is 1. The summed E-state index contributed by atoms with van der Waals surface area (Å²) in [5.74, 6) is -0.239. The van der Waals surface area contributed by atoms with Crippen LogP contribution in [0.2, 0.25) is 0 Å². The minimum absolute atomic E-state index is 0.239. The lowest BCUT2D eigenvalue weighted by Gasteiger charge is -2.08. The van der Waals surface area contributed by atoms with Crippen molar-refractivity contribution in [1.82, 2.24) is 0 Å². The Hall–Kier alpha value is -0.930. The summed E-state index contributed by atoms with van der Waals surface area (Å²) in [6.45, 7) is 3.60. The SMILES string of the molecule is CCCOCc1cc(F)ccc1CN. The third-order valence-corrected chi connectivity index (χ3v) is 1.99. The molecule has 14 heavy (non-hydrogen) atoms. The van der Waals surface area contributed by atoms with Crippen molar-refractivity contribution in [3.05, 3.63) is 35.1 Å². The molecule has 0 unspecified atom stereocenters. The number of hydrogen-bond donors (Lipinski definition) is 1. The Bertz CT molecular complexity index is 289. The fourth-order valence-corrected chi connectivity index (χ4v) is 1.25. The highest BCUT2D eigenvalue weighted by molar-refractivity contribution is 5.27. The van der Waals surface area contributed by atoms with Gasteiger partial charge in [-0.2, -0.15) is 0 Å². The van der Waals surface area contributed by atoms with Crippen LogP contribution in [0.25, 0.3) is 0 Å². The summed E-state index contributed by atoms with van der Waals surface area (Å²) < 4.78 is 18.2. The molecule has 0 bridgehead atoms. The van der Waals surface area contributed by atoms with E-state index in [-0.39, 0.29) is 5.82 Å². The third-order valence-electron chi connectivity index (χ3n) is 1.99. The first-order chi connectivity index (χ1) is 6.77. The molecule has 0 heterocycles. The average molecular weight is 197 g/mol. The summed E-state index contributed by atoms with van der Waals surface area (Å²) in [7, 11) is 0. The zero-order valence-corrected chi connectivity index (χ0v) is 8.42. The number of hydrogen-bond acceptors (Lipinski definition) is 2. The molecule has 0 aromatic heterocycles. The summed E-state index contributed by atoms with van der Waals surface area (Å²) in [6.07, 6.45) is 0.966. The van der Waals surface area contributed by atoms with Gasteiger partial charge in [-0.05, 0) is 29.7 Å². The standard InChI is InChI=1S/C11H16FNO/c1-2-5-14-8-10-6-11(12)4-3-9(10)7-13/h3-4,6H,2,5,7-8,13H2,1H3. The van der Waals surface area contributed by atoms with E-state index < -0.39 is 0 Å². The van der Waals surface area contributed by atoms with Crippen LogP contribution in [-0.2, 0) is 17.9 Å². The maximum atomic E-state index is 12.9. The summed E-state index contributed by atoms with van der Waals surface area (Å²) in [5.41, 5.74) is 7.32. The van der Waals surface area contributed by atoms with Gasteiger partial charge in [0.15, 0.2) is 0 Å². The van der Waals surface area contributed by atoms with E-state index in [1.54, 1.807) is 6.07 Å². The van der Waals surface area contributed by atoms with Gasteiger partial charge in [0.2, 0.25) is 0 Å². The molecule has 0 aliphatic carbocycles. The van der Waals surface area contributed by atoms with Gasteiger partial charge in [0.25, 0.3) is 0 Å². The largest absolute Gasteiger partial charge is 0.377 e.